The number of nitrogens with zero attached hydrogens (tertiary/aromatic N) is 1. The Hall–Kier alpha value is -3.93. The molecular formula is C34H37F3N2O11. The van der Waals surface area contributed by atoms with Crippen LogP contribution in [0.2, 0.25) is 0 Å². The summed E-state index contributed by atoms with van der Waals surface area (Å²) in [6.45, 7) is 4.26. The first kappa shape index (κ1) is 35.9. The first-order valence-corrected chi connectivity index (χ1v) is 16.2. The lowest BCUT2D eigenvalue weighted by atomic mass is 9.76. The highest BCUT2D eigenvalue weighted by atomic mass is 19.4. The quantitative estimate of drug-likeness (QED) is 0.323. The number of halogens is 3. The van der Waals surface area contributed by atoms with Gasteiger partial charge in [0.25, 0.3) is 0 Å². The van der Waals surface area contributed by atoms with Crippen LogP contribution in [0.1, 0.15) is 75.8 Å². The molecule has 2 aromatic rings. The van der Waals surface area contributed by atoms with E-state index in [1.807, 2.05) is 4.90 Å². The maximum atomic E-state index is 14.0. The first-order chi connectivity index (χ1) is 23.6. The lowest BCUT2D eigenvalue weighted by Crippen LogP contribution is -2.59. The van der Waals surface area contributed by atoms with Gasteiger partial charge >= 0.3 is 12.1 Å². The van der Waals surface area contributed by atoms with E-state index in [-0.39, 0.29) is 47.3 Å². The van der Waals surface area contributed by atoms with Gasteiger partial charge in [0.15, 0.2) is 24.1 Å². The number of benzene rings is 2. The summed E-state index contributed by atoms with van der Waals surface area (Å²) in [5.74, 6) is -6.53. The van der Waals surface area contributed by atoms with E-state index in [4.69, 9.17) is 18.9 Å². The third-order valence-corrected chi connectivity index (χ3v) is 9.99. The molecule has 50 heavy (non-hydrogen) atoms. The van der Waals surface area contributed by atoms with Crippen molar-refractivity contribution in [3.63, 3.8) is 0 Å². The highest BCUT2D eigenvalue weighted by Crippen LogP contribution is 2.51. The van der Waals surface area contributed by atoms with E-state index in [0.29, 0.717) is 19.7 Å². The number of anilines is 1. The van der Waals surface area contributed by atoms with Crippen LogP contribution in [-0.2, 0) is 41.4 Å². The van der Waals surface area contributed by atoms with E-state index in [0.717, 1.165) is 6.07 Å². The Morgan fingerprint density at radius 3 is 2.48 bits per heavy atom. The van der Waals surface area contributed by atoms with Gasteiger partial charge < -0.3 is 39.6 Å². The molecule has 7 atom stereocenters. The standard InChI is InChI=1S/C34H37F3N2O11/c1-14(40)16-9-19-26(23(10-16)50-24-12-21(29(42)15(2)49-24)39-7-8-48-25(13-39)47-3)32(45)27-22(41)11-18-17(30(43)28(27)31(19)44)5-4-6-20(18)38-33(46)34(35,36)37/h4-6,15-16,21,23-25,29,42,44-45H,7-13H2,1-3H3,(H,38,46)/t15-,16+,21-,23-,24-,25-,29+/m0/s1. The number of fused-ring (bicyclic) bond motifs is 3. The van der Waals surface area contributed by atoms with Crippen LogP contribution < -0.4 is 5.32 Å². The average Bonchev–Trinajstić information content (AvgIpc) is 3.18. The fraction of sp³-hybridized carbons (Fsp3) is 0.529. The molecule has 2 heterocycles. The molecule has 2 aliphatic carbocycles. The number of alkyl halides is 3. The fourth-order valence-corrected chi connectivity index (χ4v) is 7.40. The van der Waals surface area contributed by atoms with Gasteiger partial charge in [0.1, 0.15) is 17.3 Å². The summed E-state index contributed by atoms with van der Waals surface area (Å²) in [7, 11) is 1.51. The van der Waals surface area contributed by atoms with Crippen LogP contribution >= 0.6 is 0 Å². The maximum absolute atomic E-state index is 14.0. The van der Waals surface area contributed by atoms with Gasteiger partial charge in [-0.2, -0.15) is 13.2 Å². The maximum Gasteiger partial charge on any atom is 0.471 e. The normalized spacial score (nSPS) is 28.7. The van der Waals surface area contributed by atoms with Crippen molar-refractivity contribution in [1.29, 1.82) is 0 Å². The number of ether oxygens (including phenoxy) is 4. The molecule has 0 spiro atoms. The number of aliphatic hydroxyl groups is 1. The lowest BCUT2D eigenvalue weighted by Gasteiger charge is -2.46. The summed E-state index contributed by atoms with van der Waals surface area (Å²) in [6, 6.07) is 3.10. The van der Waals surface area contributed by atoms with Crippen molar-refractivity contribution in [3.05, 3.63) is 51.6 Å². The Balaban J connectivity index is 1.38. The second-order valence-electron chi connectivity index (χ2n) is 13.0. The van der Waals surface area contributed by atoms with E-state index in [2.05, 4.69) is 0 Å². The number of hydrogen-bond acceptors (Lipinski definition) is 12. The van der Waals surface area contributed by atoms with Gasteiger partial charge in [-0.15, -0.1) is 0 Å². The van der Waals surface area contributed by atoms with Crippen molar-refractivity contribution in [2.45, 2.75) is 82.6 Å². The first-order valence-electron chi connectivity index (χ1n) is 16.2. The molecule has 0 radical (unpaired) electrons. The van der Waals surface area contributed by atoms with E-state index >= 15 is 0 Å². The molecular weight excluding hydrogens is 669 g/mol. The number of methoxy groups -OCH3 is 1. The van der Waals surface area contributed by atoms with Crippen molar-refractivity contribution in [2.75, 3.05) is 32.1 Å². The van der Waals surface area contributed by atoms with Crippen molar-refractivity contribution in [2.24, 2.45) is 5.92 Å². The van der Waals surface area contributed by atoms with E-state index < -0.39 is 101 Å². The number of morpholine rings is 1. The van der Waals surface area contributed by atoms with Gasteiger partial charge in [-0.25, -0.2) is 0 Å². The molecule has 6 rings (SSSR count). The molecule has 0 saturated carbocycles. The SMILES string of the molecule is CO[C@@H]1CN([C@H]2C[C@H](O[C@H]3C[C@H](C(C)=O)Cc4c(O)c5c(c(O)c43)C(=O)Cc3c(NC(=O)C(F)(F)F)cccc3C5=O)O[C@@H](C)[C@H]2O)CCO1. The van der Waals surface area contributed by atoms with Crippen LogP contribution in [0.3, 0.4) is 0 Å². The Labute approximate surface area is 284 Å². The van der Waals surface area contributed by atoms with Crippen LogP contribution in [0.4, 0.5) is 18.9 Å². The van der Waals surface area contributed by atoms with Crippen molar-refractivity contribution < 1.29 is 66.6 Å². The zero-order chi connectivity index (χ0) is 36.2. The summed E-state index contributed by atoms with van der Waals surface area (Å²) in [5.41, 5.74) is -2.07. The minimum atomic E-state index is -5.26. The molecule has 2 aliphatic heterocycles. The van der Waals surface area contributed by atoms with Gasteiger partial charge in [-0.3, -0.25) is 24.1 Å². The number of amides is 1. The highest BCUT2D eigenvalue weighted by molar-refractivity contribution is 6.23. The summed E-state index contributed by atoms with van der Waals surface area (Å²) in [5, 5.41) is 36.2. The van der Waals surface area contributed by atoms with Crippen molar-refractivity contribution >= 4 is 28.9 Å². The van der Waals surface area contributed by atoms with Crippen molar-refractivity contribution in [3.8, 4) is 11.5 Å². The molecule has 4 N–H and O–H groups in total. The number of rotatable bonds is 6. The largest absolute Gasteiger partial charge is 0.507 e. The predicted molar refractivity (Wildman–Crippen MR) is 166 cm³/mol. The van der Waals surface area contributed by atoms with Crippen LogP contribution in [0.25, 0.3) is 0 Å². The molecule has 2 fully saturated rings. The third-order valence-electron chi connectivity index (χ3n) is 9.99. The molecule has 0 unspecified atom stereocenters. The second-order valence-corrected chi connectivity index (χ2v) is 13.0. The zero-order valence-electron chi connectivity index (χ0n) is 27.4. The van der Waals surface area contributed by atoms with Gasteiger partial charge in [0, 0.05) is 67.4 Å². The molecule has 270 valence electrons. The van der Waals surface area contributed by atoms with Gasteiger partial charge in [-0.05, 0) is 38.3 Å². The topological polar surface area (TPSA) is 181 Å². The number of aromatic hydroxyl groups is 2. The molecule has 2 saturated heterocycles. The van der Waals surface area contributed by atoms with Crippen LogP contribution in [-0.4, -0.2) is 107 Å². The number of phenols is 2. The van der Waals surface area contributed by atoms with Crippen LogP contribution in [0, 0.1) is 5.92 Å². The molecule has 2 aromatic carbocycles. The number of carbonyl (C=O) groups is 4. The van der Waals surface area contributed by atoms with Gasteiger partial charge in [0.05, 0.1) is 36.0 Å². The summed E-state index contributed by atoms with van der Waals surface area (Å²) in [6.07, 6.45) is -10.1. The Bertz CT molecular complexity index is 1730. The molecule has 13 nitrogen and oxygen atoms in total. The molecule has 4 aliphatic rings. The summed E-state index contributed by atoms with van der Waals surface area (Å²) < 4.78 is 62.6. The van der Waals surface area contributed by atoms with Gasteiger partial charge in [-0.1, -0.05) is 12.1 Å². The Morgan fingerprint density at radius 1 is 1.06 bits per heavy atom. The molecule has 1 amide bonds. The van der Waals surface area contributed by atoms with Crippen LogP contribution in [0.5, 0.6) is 11.5 Å². The predicted octanol–water partition coefficient (Wildman–Crippen LogP) is 2.95. The number of carbonyl (C=O) groups excluding carboxylic acids is 4. The average molecular weight is 707 g/mol. The molecule has 16 heteroatoms. The number of nitrogens with one attached hydrogen (secondary N) is 1. The van der Waals surface area contributed by atoms with Gasteiger partial charge in [0.2, 0.25) is 0 Å². The number of phenolic OH excluding ortho intramolecular Hbond substituents is 2. The number of aliphatic hydroxyl groups excluding tert-OH is 1. The lowest BCUT2D eigenvalue weighted by molar-refractivity contribution is -0.264. The number of hydrogen-bond donors (Lipinski definition) is 4. The van der Waals surface area contributed by atoms with E-state index in [9.17, 15) is 47.7 Å². The zero-order valence-corrected chi connectivity index (χ0v) is 27.4. The van der Waals surface area contributed by atoms with E-state index in [1.165, 1.54) is 26.2 Å². The second kappa shape index (κ2) is 13.7. The van der Waals surface area contributed by atoms with E-state index in [1.54, 1.807) is 12.2 Å². The Kier molecular flexibility index (Phi) is 9.80. The smallest absolute Gasteiger partial charge is 0.471 e. The Morgan fingerprint density at radius 2 is 1.80 bits per heavy atom. The third kappa shape index (κ3) is 6.51. The van der Waals surface area contributed by atoms with Crippen molar-refractivity contribution in [1.82, 2.24) is 4.90 Å². The molecule has 0 bridgehead atoms. The summed E-state index contributed by atoms with van der Waals surface area (Å²) in [4.78, 5) is 54.3. The monoisotopic (exact) mass is 706 g/mol. The molecule has 0 aromatic heterocycles. The number of ketones is 3. The summed E-state index contributed by atoms with van der Waals surface area (Å²) >= 11 is 0. The van der Waals surface area contributed by atoms with Crippen LogP contribution in [0.15, 0.2) is 18.2 Å². The minimum absolute atomic E-state index is 0.000358. The minimum Gasteiger partial charge on any atom is -0.507 e. The number of Topliss-reactive ketones (excluding diaryl/α,β-unsaturated/α-hetero) is 2. The highest BCUT2D eigenvalue weighted by Gasteiger charge is 2.46. The fourth-order valence-electron chi connectivity index (χ4n) is 7.40.